The van der Waals surface area contributed by atoms with Crippen LogP contribution in [-0.4, -0.2) is 41.2 Å². The largest absolute Gasteiger partial charge is 0.416 e. The van der Waals surface area contributed by atoms with Crippen LogP contribution in [0.15, 0.2) is 24.3 Å². The van der Waals surface area contributed by atoms with Crippen molar-refractivity contribution >= 4 is 17.7 Å². The number of nitrogens with one attached hydrogen (secondary N) is 2. The predicted molar refractivity (Wildman–Crippen MR) is 98.5 cm³/mol. The Labute approximate surface area is 166 Å². The van der Waals surface area contributed by atoms with Crippen LogP contribution in [0.1, 0.15) is 56.2 Å². The van der Waals surface area contributed by atoms with E-state index in [2.05, 4.69) is 10.6 Å². The molecule has 2 aliphatic heterocycles. The fraction of sp³-hybridized carbons (Fsp3) is 0.550. The van der Waals surface area contributed by atoms with Gasteiger partial charge in [0.15, 0.2) is 0 Å². The number of hydrogen-bond donors (Lipinski definition) is 2. The topological polar surface area (TPSA) is 78.5 Å². The van der Waals surface area contributed by atoms with Gasteiger partial charge in [-0.1, -0.05) is 18.6 Å². The standard InChI is InChI=1S/C20H24F3N3O3/c1-12(27)24-11-19(29)26-16-7-2-3-8-18(28)25-15(16)10-17(26)13-5-4-6-14(9-13)20(21,22)23/h4-6,9,15-17H,2-3,7-8,10-11H2,1H3,(H,24,27)(H,25,28)/t15-,16+,17+/m1/s1. The van der Waals surface area contributed by atoms with Gasteiger partial charge in [-0.05, 0) is 37.0 Å². The average Bonchev–Trinajstić information content (AvgIpc) is 2.98. The molecule has 9 heteroatoms. The minimum atomic E-state index is -4.49. The van der Waals surface area contributed by atoms with Gasteiger partial charge in [0, 0.05) is 13.3 Å². The lowest BCUT2D eigenvalue weighted by Crippen LogP contribution is -2.50. The van der Waals surface area contributed by atoms with Gasteiger partial charge in [0.2, 0.25) is 17.7 Å². The van der Waals surface area contributed by atoms with Crippen molar-refractivity contribution in [2.45, 2.75) is 63.3 Å². The van der Waals surface area contributed by atoms with Gasteiger partial charge >= 0.3 is 6.18 Å². The molecule has 2 fully saturated rings. The van der Waals surface area contributed by atoms with Crippen molar-refractivity contribution in [3.8, 4) is 0 Å². The Morgan fingerprint density at radius 1 is 1.28 bits per heavy atom. The number of amides is 3. The van der Waals surface area contributed by atoms with Crippen LogP contribution >= 0.6 is 0 Å². The summed E-state index contributed by atoms with van der Waals surface area (Å²) in [5, 5.41) is 5.40. The van der Waals surface area contributed by atoms with Crippen molar-refractivity contribution in [3.63, 3.8) is 0 Å². The van der Waals surface area contributed by atoms with E-state index in [-0.39, 0.29) is 36.3 Å². The molecule has 2 heterocycles. The lowest BCUT2D eigenvalue weighted by atomic mass is 9.97. The number of nitrogens with zero attached hydrogens (tertiary/aromatic N) is 1. The molecule has 0 saturated carbocycles. The maximum Gasteiger partial charge on any atom is 0.416 e. The number of alkyl halides is 3. The van der Waals surface area contributed by atoms with Gasteiger partial charge in [0.25, 0.3) is 0 Å². The molecule has 0 spiro atoms. The summed E-state index contributed by atoms with van der Waals surface area (Å²) in [6, 6.07) is 3.69. The lowest BCUT2D eigenvalue weighted by Gasteiger charge is -2.33. The van der Waals surface area contributed by atoms with Gasteiger partial charge in [-0.15, -0.1) is 0 Å². The van der Waals surface area contributed by atoms with E-state index in [1.165, 1.54) is 13.0 Å². The smallest absolute Gasteiger partial charge is 0.351 e. The Kier molecular flexibility index (Phi) is 6.14. The van der Waals surface area contributed by atoms with Crippen LogP contribution in [0.5, 0.6) is 0 Å². The molecule has 29 heavy (non-hydrogen) atoms. The maximum absolute atomic E-state index is 13.2. The first kappa shape index (κ1) is 21.1. The SMILES string of the molecule is CC(=O)NCC(=O)N1[C@H](c2cccc(C(F)(F)F)c2)C[C@H]2NC(=O)CCCC[C@@H]21. The normalized spacial score (nSPS) is 24.9. The van der Waals surface area contributed by atoms with Gasteiger partial charge in [-0.3, -0.25) is 14.4 Å². The molecule has 0 unspecified atom stereocenters. The van der Waals surface area contributed by atoms with E-state index in [4.69, 9.17) is 0 Å². The van der Waals surface area contributed by atoms with Crippen LogP contribution in [0.4, 0.5) is 13.2 Å². The summed E-state index contributed by atoms with van der Waals surface area (Å²) in [6.45, 7) is 1.06. The predicted octanol–water partition coefficient (Wildman–Crippen LogP) is 2.54. The molecule has 0 aromatic heterocycles. The quantitative estimate of drug-likeness (QED) is 0.803. The van der Waals surface area contributed by atoms with Gasteiger partial charge in [-0.2, -0.15) is 13.2 Å². The zero-order valence-electron chi connectivity index (χ0n) is 16.1. The van der Waals surface area contributed by atoms with Crippen molar-refractivity contribution < 1.29 is 27.6 Å². The molecule has 2 saturated heterocycles. The number of halogens is 3. The molecule has 3 amide bonds. The highest BCUT2D eigenvalue weighted by Crippen LogP contribution is 2.40. The third-order valence-corrected chi connectivity index (χ3v) is 5.51. The van der Waals surface area contributed by atoms with Crippen LogP contribution < -0.4 is 10.6 Å². The minimum absolute atomic E-state index is 0.112. The Morgan fingerprint density at radius 3 is 2.72 bits per heavy atom. The summed E-state index contributed by atoms with van der Waals surface area (Å²) in [6.07, 6.45) is -1.67. The molecule has 0 bridgehead atoms. The summed E-state index contributed by atoms with van der Waals surface area (Å²) >= 11 is 0. The van der Waals surface area contributed by atoms with Crippen LogP contribution in [-0.2, 0) is 20.6 Å². The monoisotopic (exact) mass is 411 g/mol. The van der Waals surface area contributed by atoms with Crippen LogP contribution in [0, 0.1) is 0 Å². The van der Waals surface area contributed by atoms with E-state index in [1.54, 1.807) is 11.0 Å². The Hall–Kier alpha value is -2.58. The lowest BCUT2D eigenvalue weighted by molar-refractivity contribution is -0.137. The summed E-state index contributed by atoms with van der Waals surface area (Å²) in [5.74, 6) is -0.848. The Bertz CT molecular complexity index is 797. The first-order valence-electron chi connectivity index (χ1n) is 9.69. The number of rotatable bonds is 3. The fourth-order valence-corrected chi connectivity index (χ4v) is 4.22. The molecule has 2 N–H and O–H groups in total. The molecule has 0 aliphatic carbocycles. The van der Waals surface area contributed by atoms with E-state index < -0.39 is 17.8 Å². The van der Waals surface area contributed by atoms with Crippen molar-refractivity contribution in [2.75, 3.05) is 6.54 Å². The fourth-order valence-electron chi connectivity index (χ4n) is 4.22. The number of fused-ring (bicyclic) bond motifs is 1. The Balaban J connectivity index is 1.95. The van der Waals surface area contributed by atoms with Crippen molar-refractivity contribution in [1.29, 1.82) is 0 Å². The first-order valence-corrected chi connectivity index (χ1v) is 9.69. The molecule has 3 atom stereocenters. The van der Waals surface area contributed by atoms with E-state index in [9.17, 15) is 27.6 Å². The molecule has 0 radical (unpaired) electrons. The van der Waals surface area contributed by atoms with Gasteiger partial charge < -0.3 is 15.5 Å². The van der Waals surface area contributed by atoms with Crippen molar-refractivity contribution in [3.05, 3.63) is 35.4 Å². The zero-order valence-corrected chi connectivity index (χ0v) is 16.1. The van der Waals surface area contributed by atoms with Gasteiger partial charge in [0.05, 0.1) is 30.2 Å². The van der Waals surface area contributed by atoms with E-state index in [0.29, 0.717) is 31.2 Å². The molecule has 1 aromatic carbocycles. The molecular formula is C20H24F3N3O3. The van der Waals surface area contributed by atoms with Crippen LogP contribution in [0.2, 0.25) is 0 Å². The van der Waals surface area contributed by atoms with Gasteiger partial charge in [-0.25, -0.2) is 0 Å². The number of likely N-dealkylation sites (tertiary alicyclic amines) is 1. The second-order valence-corrected chi connectivity index (χ2v) is 7.57. The molecule has 3 rings (SSSR count). The maximum atomic E-state index is 13.2. The highest BCUT2D eigenvalue weighted by molar-refractivity contribution is 5.85. The second-order valence-electron chi connectivity index (χ2n) is 7.57. The summed E-state index contributed by atoms with van der Waals surface area (Å²) in [7, 11) is 0. The van der Waals surface area contributed by atoms with Crippen molar-refractivity contribution in [1.82, 2.24) is 15.5 Å². The highest BCUT2D eigenvalue weighted by Gasteiger charge is 2.45. The molecule has 2 aliphatic rings. The molecular weight excluding hydrogens is 387 g/mol. The number of hydrogen-bond acceptors (Lipinski definition) is 3. The molecule has 1 aromatic rings. The van der Waals surface area contributed by atoms with Crippen molar-refractivity contribution in [2.24, 2.45) is 0 Å². The van der Waals surface area contributed by atoms with E-state index in [0.717, 1.165) is 18.6 Å². The molecule has 6 nitrogen and oxygen atoms in total. The third-order valence-electron chi connectivity index (χ3n) is 5.51. The van der Waals surface area contributed by atoms with Gasteiger partial charge in [0.1, 0.15) is 0 Å². The minimum Gasteiger partial charge on any atom is -0.351 e. The molecule has 158 valence electrons. The van der Waals surface area contributed by atoms with E-state index in [1.807, 2.05) is 0 Å². The Morgan fingerprint density at radius 2 is 2.03 bits per heavy atom. The second kappa shape index (κ2) is 8.42. The summed E-state index contributed by atoms with van der Waals surface area (Å²) < 4.78 is 39.6. The zero-order chi connectivity index (χ0) is 21.2. The number of carbonyl (C=O) groups excluding carboxylic acids is 3. The average molecular weight is 411 g/mol. The number of carbonyl (C=O) groups is 3. The van der Waals surface area contributed by atoms with Crippen LogP contribution in [0.25, 0.3) is 0 Å². The summed E-state index contributed by atoms with van der Waals surface area (Å²) in [5.41, 5.74) is -0.408. The van der Waals surface area contributed by atoms with E-state index >= 15 is 0 Å². The first-order chi connectivity index (χ1) is 13.7. The highest BCUT2D eigenvalue weighted by atomic mass is 19.4. The van der Waals surface area contributed by atoms with Crippen LogP contribution in [0.3, 0.4) is 0 Å². The number of benzene rings is 1. The third kappa shape index (κ3) is 4.89. The summed E-state index contributed by atoms with van der Waals surface area (Å²) in [4.78, 5) is 37.8.